The molecule has 2 rings (SSSR count). The first-order valence-electron chi connectivity index (χ1n) is 14.2. The molecule has 0 saturated carbocycles. The van der Waals surface area contributed by atoms with Crippen molar-refractivity contribution in [2.75, 3.05) is 26.4 Å². The third kappa shape index (κ3) is 12.9. The van der Waals surface area contributed by atoms with Gasteiger partial charge in [0, 0.05) is 20.1 Å². The molecule has 1 aromatic carbocycles. The van der Waals surface area contributed by atoms with Gasteiger partial charge in [0.2, 0.25) is 6.29 Å². The second kappa shape index (κ2) is 17.6. The molecule has 0 spiro atoms. The Morgan fingerprint density at radius 3 is 2.23 bits per heavy atom. The Balaban J connectivity index is 0.00000391. The minimum Gasteiger partial charge on any atom is -0.490 e. The van der Waals surface area contributed by atoms with Crippen LogP contribution in [0.1, 0.15) is 75.2 Å². The van der Waals surface area contributed by atoms with Crippen LogP contribution in [0.3, 0.4) is 0 Å². The second-order valence-electron chi connectivity index (χ2n) is 10.6. The average Bonchev–Trinajstić information content (AvgIpc) is 2.88. The Labute approximate surface area is 239 Å². The van der Waals surface area contributed by atoms with Gasteiger partial charge < -0.3 is 33.7 Å². The summed E-state index contributed by atoms with van der Waals surface area (Å²) in [5.74, 6) is -0.918. The van der Waals surface area contributed by atoms with Crippen molar-refractivity contribution in [3.8, 4) is 11.5 Å². The highest BCUT2D eigenvalue weighted by Gasteiger charge is 2.32. The zero-order chi connectivity index (χ0) is 30.3. The van der Waals surface area contributed by atoms with Crippen molar-refractivity contribution in [3.63, 3.8) is 0 Å². The third-order valence-corrected chi connectivity index (χ3v) is 5.81. The summed E-state index contributed by atoms with van der Waals surface area (Å²) in [6, 6.07) is 7.39. The molecule has 1 heterocycles. The van der Waals surface area contributed by atoms with Crippen LogP contribution in [-0.4, -0.2) is 62.4 Å². The second-order valence-corrected chi connectivity index (χ2v) is 10.6. The molecule has 10 heteroatoms. The Kier molecular flexibility index (Phi) is 15.4. The van der Waals surface area contributed by atoms with Gasteiger partial charge >= 0.3 is 18.0 Å². The zero-order valence-electron chi connectivity index (χ0n) is 25.6. The van der Waals surface area contributed by atoms with Gasteiger partial charge in [-0.3, -0.25) is 9.59 Å². The normalized spacial score (nSPS) is 18.4. The first-order valence-corrected chi connectivity index (χ1v) is 14.2. The highest BCUT2D eigenvalue weighted by atomic mass is 16.7. The first-order chi connectivity index (χ1) is 18.9. The predicted molar refractivity (Wildman–Crippen MR) is 151 cm³/mol. The monoisotopic (exact) mass is 567 g/mol. The standard InChI is InChI=1S/C28H43NO9.C2H6/c1-8-33-23-11-9-10-12-24(23)35-17-21-15-20(13-14-34-21)25(30)36-19(4)37-26(31)22(18(2)3)16-29-27(32)38-28(5,6)7;1-2/h9-12,18-22H,8,13-17H2,1-7H3,(H,29,32);1-2H3. The maximum Gasteiger partial charge on any atom is 0.407 e. The van der Waals surface area contributed by atoms with Crippen LogP contribution in [0.15, 0.2) is 24.3 Å². The van der Waals surface area contributed by atoms with Gasteiger partial charge in [-0.1, -0.05) is 39.8 Å². The van der Waals surface area contributed by atoms with Crippen LogP contribution >= 0.6 is 0 Å². The minimum absolute atomic E-state index is 0.0418. The van der Waals surface area contributed by atoms with Crippen LogP contribution in [0, 0.1) is 17.8 Å². The quantitative estimate of drug-likeness (QED) is 0.257. The molecule has 4 atom stereocenters. The SMILES string of the molecule is CC.CCOc1ccccc1OCC1CC(C(=O)OC(C)OC(=O)C(CNC(=O)OC(C)(C)C)C(C)C)CCO1. The van der Waals surface area contributed by atoms with Crippen LogP contribution in [0.5, 0.6) is 11.5 Å². The molecule has 1 amide bonds. The number of rotatable bonds is 12. The van der Waals surface area contributed by atoms with Crippen LogP contribution in [-0.2, 0) is 28.5 Å². The van der Waals surface area contributed by atoms with Gasteiger partial charge in [-0.15, -0.1) is 0 Å². The molecule has 228 valence electrons. The summed E-state index contributed by atoms with van der Waals surface area (Å²) in [5, 5.41) is 2.60. The van der Waals surface area contributed by atoms with Crippen molar-refractivity contribution in [3.05, 3.63) is 24.3 Å². The highest BCUT2D eigenvalue weighted by Crippen LogP contribution is 2.28. The van der Waals surface area contributed by atoms with Gasteiger partial charge in [0.25, 0.3) is 0 Å². The number of alkyl carbamates (subject to hydrolysis) is 1. The largest absolute Gasteiger partial charge is 0.490 e. The smallest absolute Gasteiger partial charge is 0.407 e. The van der Waals surface area contributed by atoms with Crippen molar-refractivity contribution in [2.24, 2.45) is 17.8 Å². The van der Waals surface area contributed by atoms with Crippen LogP contribution < -0.4 is 14.8 Å². The van der Waals surface area contributed by atoms with E-state index in [9.17, 15) is 14.4 Å². The molecule has 1 saturated heterocycles. The lowest BCUT2D eigenvalue weighted by Crippen LogP contribution is -2.40. The van der Waals surface area contributed by atoms with E-state index >= 15 is 0 Å². The maximum absolute atomic E-state index is 12.8. The van der Waals surface area contributed by atoms with E-state index in [1.54, 1.807) is 20.8 Å². The van der Waals surface area contributed by atoms with Crippen molar-refractivity contribution < 1.29 is 42.8 Å². The van der Waals surface area contributed by atoms with Gasteiger partial charge in [-0.25, -0.2) is 4.79 Å². The summed E-state index contributed by atoms with van der Waals surface area (Å²) in [5.41, 5.74) is -0.649. The molecule has 1 aromatic rings. The van der Waals surface area contributed by atoms with E-state index in [4.69, 9.17) is 28.4 Å². The Morgan fingerprint density at radius 2 is 1.65 bits per heavy atom. The average molecular weight is 568 g/mol. The first kappa shape index (κ1) is 35.0. The molecule has 4 unspecified atom stereocenters. The summed E-state index contributed by atoms with van der Waals surface area (Å²) in [4.78, 5) is 37.5. The summed E-state index contributed by atoms with van der Waals surface area (Å²) in [6.45, 7) is 17.6. The fourth-order valence-corrected chi connectivity index (χ4v) is 3.87. The van der Waals surface area contributed by atoms with E-state index in [-0.39, 0.29) is 25.2 Å². The molecule has 1 aliphatic heterocycles. The maximum atomic E-state index is 12.8. The van der Waals surface area contributed by atoms with Crippen LogP contribution in [0.25, 0.3) is 0 Å². The molecule has 0 aliphatic carbocycles. The van der Waals surface area contributed by atoms with Crippen LogP contribution in [0.4, 0.5) is 4.79 Å². The number of carbonyl (C=O) groups excluding carboxylic acids is 3. The fraction of sp³-hybridized carbons (Fsp3) is 0.700. The molecule has 1 fully saturated rings. The van der Waals surface area contributed by atoms with E-state index in [0.717, 1.165) is 0 Å². The van der Waals surface area contributed by atoms with Crippen molar-refractivity contribution in [2.45, 2.75) is 93.2 Å². The van der Waals surface area contributed by atoms with Gasteiger partial charge in [0.05, 0.1) is 24.5 Å². The lowest BCUT2D eigenvalue weighted by molar-refractivity contribution is -0.193. The highest BCUT2D eigenvalue weighted by molar-refractivity contribution is 5.75. The zero-order valence-corrected chi connectivity index (χ0v) is 25.6. The number of hydrogen-bond acceptors (Lipinski definition) is 9. The predicted octanol–water partition coefficient (Wildman–Crippen LogP) is 5.51. The van der Waals surface area contributed by atoms with E-state index in [1.807, 2.05) is 58.9 Å². The molecule has 1 N–H and O–H groups in total. The van der Waals surface area contributed by atoms with E-state index in [0.29, 0.717) is 37.6 Å². The van der Waals surface area contributed by atoms with E-state index in [2.05, 4.69) is 5.32 Å². The molecule has 40 heavy (non-hydrogen) atoms. The Morgan fingerprint density at radius 1 is 1.02 bits per heavy atom. The van der Waals surface area contributed by atoms with Gasteiger partial charge in [-0.2, -0.15) is 0 Å². The van der Waals surface area contributed by atoms with E-state index in [1.165, 1.54) is 6.92 Å². The minimum atomic E-state index is -1.08. The topological polar surface area (TPSA) is 119 Å². The van der Waals surface area contributed by atoms with Crippen LogP contribution in [0.2, 0.25) is 0 Å². The van der Waals surface area contributed by atoms with Gasteiger partial charge in [-0.05, 0) is 58.6 Å². The molecule has 0 radical (unpaired) electrons. The fourth-order valence-electron chi connectivity index (χ4n) is 3.87. The molecule has 0 bridgehead atoms. The number of esters is 2. The molecular weight excluding hydrogens is 518 g/mol. The Hall–Kier alpha value is -3.01. The number of hydrogen-bond donors (Lipinski definition) is 1. The third-order valence-electron chi connectivity index (χ3n) is 5.81. The van der Waals surface area contributed by atoms with Crippen molar-refractivity contribution >= 4 is 18.0 Å². The number of para-hydroxylation sites is 2. The molecule has 1 aliphatic rings. The lowest BCUT2D eigenvalue weighted by atomic mass is 9.96. The van der Waals surface area contributed by atoms with E-state index < -0.39 is 41.8 Å². The summed E-state index contributed by atoms with van der Waals surface area (Å²) < 4.78 is 33.3. The molecule has 10 nitrogen and oxygen atoms in total. The lowest BCUT2D eigenvalue weighted by Gasteiger charge is -2.29. The van der Waals surface area contributed by atoms with Gasteiger partial charge in [0.15, 0.2) is 11.5 Å². The number of amides is 1. The Bertz CT molecular complexity index is 913. The summed E-state index contributed by atoms with van der Waals surface area (Å²) in [7, 11) is 0. The molecule has 0 aromatic heterocycles. The van der Waals surface area contributed by atoms with Crippen molar-refractivity contribution in [1.29, 1.82) is 0 Å². The summed E-state index contributed by atoms with van der Waals surface area (Å²) >= 11 is 0. The summed E-state index contributed by atoms with van der Waals surface area (Å²) in [6.07, 6.45) is -1.06. The van der Waals surface area contributed by atoms with Crippen molar-refractivity contribution in [1.82, 2.24) is 5.32 Å². The molecular formula is C30H49NO9. The number of benzene rings is 1. The number of ether oxygens (including phenoxy) is 6. The number of nitrogens with one attached hydrogen (secondary N) is 1. The van der Waals surface area contributed by atoms with Gasteiger partial charge in [0.1, 0.15) is 12.2 Å². The number of carbonyl (C=O) groups is 3.